The van der Waals surface area contributed by atoms with Gasteiger partial charge in [-0.05, 0) is 32.3 Å². The van der Waals surface area contributed by atoms with E-state index >= 15 is 0 Å². The summed E-state index contributed by atoms with van der Waals surface area (Å²) in [4.78, 5) is 0. The molecule has 0 aliphatic carbocycles. The second-order valence-corrected chi connectivity index (χ2v) is 6.10. The summed E-state index contributed by atoms with van der Waals surface area (Å²) in [5.41, 5.74) is 1.51. The zero-order valence-corrected chi connectivity index (χ0v) is 12.5. The topological polar surface area (TPSA) is 47.3 Å². The first-order valence-electron chi connectivity index (χ1n) is 7.31. The third-order valence-electron chi connectivity index (χ3n) is 4.02. The molecule has 1 saturated heterocycles. The number of hydrogen-bond donors (Lipinski definition) is 1. The zero-order chi connectivity index (χ0) is 14.0. The molecule has 1 aliphatic heterocycles. The summed E-state index contributed by atoms with van der Waals surface area (Å²) in [6.07, 6.45) is 2.27. The van der Waals surface area contributed by atoms with Gasteiger partial charge in [-0.1, -0.05) is 13.8 Å². The Morgan fingerprint density at radius 1 is 1.58 bits per heavy atom. The van der Waals surface area contributed by atoms with Crippen LogP contribution in [0.2, 0.25) is 0 Å². The van der Waals surface area contributed by atoms with Crippen LogP contribution in [0.1, 0.15) is 45.0 Å². The van der Waals surface area contributed by atoms with Crippen LogP contribution in [0, 0.1) is 12.8 Å². The predicted molar refractivity (Wildman–Crippen MR) is 75.1 cm³/mol. The summed E-state index contributed by atoms with van der Waals surface area (Å²) in [7, 11) is 0. The lowest BCUT2D eigenvalue weighted by molar-refractivity contribution is -0.117. The molecule has 1 fully saturated rings. The van der Waals surface area contributed by atoms with Gasteiger partial charge < -0.3 is 9.84 Å². The minimum Gasteiger partial charge on any atom is -0.389 e. The summed E-state index contributed by atoms with van der Waals surface area (Å²) in [5.74, 6) is 0.449. The molecule has 0 spiro atoms. The van der Waals surface area contributed by atoms with Gasteiger partial charge in [0, 0.05) is 31.7 Å². The Kier molecular flexibility index (Phi) is 4.31. The molecule has 1 aromatic heterocycles. The van der Waals surface area contributed by atoms with E-state index in [-0.39, 0.29) is 6.10 Å². The summed E-state index contributed by atoms with van der Waals surface area (Å²) >= 11 is 0. The average molecular weight is 266 g/mol. The highest BCUT2D eigenvalue weighted by Gasteiger charge is 2.37. The van der Waals surface area contributed by atoms with Gasteiger partial charge in [-0.2, -0.15) is 5.10 Å². The number of hydrogen-bond acceptors (Lipinski definition) is 3. The van der Waals surface area contributed by atoms with E-state index in [1.54, 1.807) is 0 Å². The van der Waals surface area contributed by atoms with Crippen LogP contribution in [-0.4, -0.2) is 33.2 Å². The Labute approximate surface area is 115 Å². The average Bonchev–Trinajstić information content (AvgIpc) is 2.68. The summed E-state index contributed by atoms with van der Waals surface area (Å²) in [5, 5.41) is 15.3. The third kappa shape index (κ3) is 3.37. The lowest BCUT2D eigenvalue weighted by Crippen LogP contribution is -2.44. The highest BCUT2D eigenvalue weighted by Crippen LogP contribution is 2.31. The first-order chi connectivity index (χ1) is 8.93. The van der Waals surface area contributed by atoms with Gasteiger partial charge in [0.05, 0.1) is 17.4 Å². The number of aryl methyl sites for hydroxylation is 2. The first kappa shape index (κ1) is 14.5. The maximum Gasteiger partial charge on any atom is 0.0749 e. The summed E-state index contributed by atoms with van der Waals surface area (Å²) in [6.45, 7) is 9.89. The quantitative estimate of drug-likeness (QED) is 0.910. The van der Waals surface area contributed by atoms with Gasteiger partial charge in [-0.3, -0.25) is 4.68 Å². The third-order valence-corrected chi connectivity index (χ3v) is 4.02. The van der Waals surface area contributed by atoms with Crippen LogP contribution in [0.5, 0.6) is 0 Å². The van der Waals surface area contributed by atoms with E-state index in [2.05, 4.69) is 31.9 Å². The molecule has 0 bridgehead atoms. The van der Waals surface area contributed by atoms with Crippen molar-refractivity contribution in [3.63, 3.8) is 0 Å². The van der Waals surface area contributed by atoms with E-state index in [4.69, 9.17) is 4.74 Å². The van der Waals surface area contributed by atoms with E-state index in [9.17, 15) is 5.11 Å². The van der Waals surface area contributed by atoms with Crippen molar-refractivity contribution in [1.82, 2.24) is 9.78 Å². The van der Waals surface area contributed by atoms with E-state index in [0.29, 0.717) is 25.4 Å². The molecule has 1 aromatic rings. The van der Waals surface area contributed by atoms with Crippen molar-refractivity contribution in [3.8, 4) is 0 Å². The van der Waals surface area contributed by atoms with Crippen LogP contribution >= 0.6 is 0 Å². The van der Waals surface area contributed by atoms with Crippen LogP contribution < -0.4 is 0 Å². The van der Waals surface area contributed by atoms with E-state index in [0.717, 1.165) is 24.4 Å². The van der Waals surface area contributed by atoms with E-state index in [1.807, 2.05) is 11.6 Å². The highest BCUT2D eigenvalue weighted by atomic mass is 16.5. The lowest BCUT2D eigenvalue weighted by Gasteiger charge is -2.38. The predicted octanol–water partition coefficient (Wildman–Crippen LogP) is 2.32. The molecule has 4 heteroatoms. The number of ether oxygens (including phenoxy) is 1. The Balaban J connectivity index is 2.11. The van der Waals surface area contributed by atoms with Gasteiger partial charge in [-0.25, -0.2) is 0 Å². The van der Waals surface area contributed by atoms with E-state index in [1.165, 1.54) is 0 Å². The number of aromatic nitrogens is 2. The van der Waals surface area contributed by atoms with Crippen LogP contribution in [-0.2, 0) is 17.7 Å². The zero-order valence-electron chi connectivity index (χ0n) is 12.5. The molecule has 2 heterocycles. The molecule has 0 radical (unpaired) electrons. The maximum atomic E-state index is 10.9. The van der Waals surface area contributed by atoms with Crippen LogP contribution in [0.4, 0.5) is 0 Å². The maximum absolute atomic E-state index is 10.9. The van der Waals surface area contributed by atoms with Gasteiger partial charge in [0.2, 0.25) is 0 Å². The lowest BCUT2D eigenvalue weighted by atomic mass is 9.83. The Morgan fingerprint density at radius 3 is 2.95 bits per heavy atom. The van der Waals surface area contributed by atoms with Gasteiger partial charge >= 0.3 is 0 Å². The Morgan fingerprint density at radius 2 is 2.32 bits per heavy atom. The number of rotatable bonds is 4. The fourth-order valence-corrected chi connectivity index (χ4v) is 2.88. The van der Waals surface area contributed by atoms with Crippen LogP contribution in [0.25, 0.3) is 0 Å². The molecule has 1 aliphatic rings. The van der Waals surface area contributed by atoms with Crippen LogP contribution in [0.3, 0.4) is 0 Å². The highest BCUT2D eigenvalue weighted by molar-refractivity contribution is 5.12. The molecule has 19 heavy (non-hydrogen) atoms. The van der Waals surface area contributed by atoms with Gasteiger partial charge in [0.25, 0.3) is 0 Å². The molecule has 2 rings (SSSR count). The van der Waals surface area contributed by atoms with Gasteiger partial charge in [0.15, 0.2) is 0 Å². The second kappa shape index (κ2) is 5.63. The van der Waals surface area contributed by atoms with Crippen molar-refractivity contribution in [2.24, 2.45) is 5.92 Å². The molecule has 0 aromatic carbocycles. The second-order valence-electron chi connectivity index (χ2n) is 6.10. The molecule has 2 atom stereocenters. The van der Waals surface area contributed by atoms with Crippen molar-refractivity contribution in [2.75, 3.05) is 6.61 Å². The fraction of sp³-hybridized carbons (Fsp3) is 0.800. The Hall–Kier alpha value is -0.870. The van der Waals surface area contributed by atoms with Gasteiger partial charge in [0.1, 0.15) is 0 Å². The smallest absolute Gasteiger partial charge is 0.0749 e. The molecule has 108 valence electrons. The normalized spacial score (nSPS) is 28.0. The monoisotopic (exact) mass is 266 g/mol. The largest absolute Gasteiger partial charge is 0.389 e. The van der Waals surface area contributed by atoms with Crippen molar-refractivity contribution in [2.45, 2.75) is 65.2 Å². The number of aliphatic hydroxyl groups is 1. The van der Waals surface area contributed by atoms with Crippen molar-refractivity contribution >= 4 is 0 Å². The molecule has 0 saturated carbocycles. The Bertz CT molecular complexity index is 428. The summed E-state index contributed by atoms with van der Waals surface area (Å²) in [6, 6.07) is 2.08. The van der Waals surface area contributed by atoms with Crippen LogP contribution in [0.15, 0.2) is 6.07 Å². The van der Waals surface area contributed by atoms with E-state index < -0.39 is 5.60 Å². The molecule has 1 N–H and O–H groups in total. The minimum absolute atomic E-state index is 0.165. The minimum atomic E-state index is -0.646. The molecule has 0 amide bonds. The van der Waals surface area contributed by atoms with Crippen molar-refractivity contribution in [1.29, 1.82) is 0 Å². The SMILES string of the molecule is CCn1nc(C)cc1CC1(O)CCOC(C(C)C)C1. The molecular weight excluding hydrogens is 240 g/mol. The first-order valence-corrected chi connectivity index (χ1v) is 7.31. The standard InChI is InChI=1S/C15H26N2O2/c1-5-17-13(8-12(4)16-17)9-15(18)6-7-19-14(10-15)11(2)3/h8,11,14,18H,5-7,9-10H2,1-4H3. The van der Waals surface area contributed by atoms with Crippen molar-refractivity contribution < 1.29 is 9.84 Å². The molecular formula is C15H26N2O2. The number of nitrogens with zero attached hydrogens (tertiary/aromatic N) is 2. The fourth-order valence-electron chi connectivity index (χ4n) is 2.88. The molecule has 4 nitrogen and oxygen atoms in total. The van der Waals surface area contributed by atoms with Gasteiger partial charge in [-0.15, -0.1) is 0 Å². The van der Waals surface area contributed by atoms with Crippen molar-refractivity contribution in [3.05, 3.63) is 17.5 Å². The molecule has 2 unspecified atom stereocenters. The summed E-state index contributed by atoms with van der Waals surface area (Å²) < 4.78 is 7.75.